The molecule has 1 saturated heterocycles. The van der Waals surface area contributed by atoms with Crippen LogP contribution in [0.1, 0.15) is 22.5 Å². The molecule has 1 aliphatic heterocycles. The van der Waals surface area contributed by atoms with Crippen molar-refractivity contribution in [1.29, 1.82) is 0 Å². The summed E-state index contributed by atoms with van der Waals surface area (Å²) in [5.74, 6) is -0.362. The zero-order valence-corrected chi connectivity index (χ0v) is 15.3. The van der Waals surface area contributed by atoms with Crippen LogP contribution in [0.25, 0.3) is 11.0 Å². The first-order valence-corrected chi connectivity index (χ1v) is 9.32. The fourth-order valence-corrected chi connectivity index (χ4v) is 3.96. The molecule has 3 aromatic rings. The molecule has 2 atom stereocenters. The van der Waals surface area contributed by atoms with E-state index in [0.29, 0.717) is 25.0 Å². The van der Waals surface area contributed by atoms with E-state index in [-0.39, 0.29) is 30.6 Å². The Kier molecular flexibility index (Phi) is 4.91. The van der Waals surface area contributed by atoms with Gasteiger partial charge in [-0.2, -0.15) is 0 Å². The predicted octanol–water partition coefficient (Wildman–Crippen LogP) is 3.00. The van der Waals surface area contributed by atoms with Crippen molar-refractivity contribution in [2.45, 2.75) is 18.9 Å². The van der Waals surface area contributed by atoms with Gasteiger partial charge in [0.2, 0.25) is 0 Å². The van der Waals surface area contributed by atoms with Gasteiger partial charge in [-0.3, -0.25) is 4.79 Å². The Labute approximate surface area is 162 Å². The lowest BCUT2D eigenvalue weighted by atomic mass is 9.73. The van der Waals surface area contributed by atoms with E-state index in [9.17, 15) is 19.4 Å². The number of piperidine rings is 1. The fourth-order valence-electron chi connectivity index (χ4n) is 3.96. The molecule has 0 bridgehead atoms. The van der Waals surface area contributed by atoms with Crippen LogP contribution in [0.15, 0.2) is 59.0 Å². The number of amides is 1. The molecule has 2 N–H and O–H groups in total. The number of halogens is 1. The molecule has 0 radical (unpaired) electrons. The van der Waals surface area contributed by atoms with Crippen molar-refractivity contribution in [3.8, 4) is 0 Å². The Morgan fingerprint density at radius 2 is 1.96 bits per heavy atom. The molecule has 1 aliphatic rings. The summed E-state index contributed by atoms with van der Waals surface area (Å²) in [6.45, 7) is 0.287. The van der Waals surface area contributed by atoms with Crippen molar-refractivity contribution < 1.29 is 23.8 Å². The molecule has 2 aromatic carbocycles. The van der Waals surface area contributed by atoms with Crippen LogP contribution < -0.4 is 0 Å². The number of hydrogen-bond donors (Lipinski definition) is 2. The molecule has 0 spiro atoms. The Hall–Kier alpha value is -2.70. The van der Waals surface area contributed by atoms with Gasteiger partial charge in [0.15, 0.2) is 5.76 Å². The number of nitrogens with zero attached hydrogens (tertiary/aromatic N) is 1. The highest BCUT2D eigenvalue weighted by atomic mass is 19.1. The summed E-state index contributed by atoms with van der Waals surface area (Å²) < 4.78 is 18.9. The van der Waals surface area contributed by atoms with Gasteiger partial charge >= 0.3 is 0 Å². The fraction of sp³-hybridized carbons (Fsp3) is 0.318. The largest absolute Gasteiger partial charge is 0.451 e. The van der Waals surface area contributed by atoms with E-state index in [2.05, 4.69) is 0 Å². The van der Waals surface area contributed by atoms with E-state index in [1.54, 1.807) is 29.2 Å². The number of rotatable bonds is 4. The summed E-state index contributed by atoms with van der Waals surface area (Å²) in [5.41, 5.74) is 0.535. The molecule has 4 rings (SSSR count). The maximum absolute atomic E-state index is 13.2. The van der Waals surface area contributed by atoms with Crippen LogP contribution in [0, 0.1) is 11.2 Å². The molecule has 0 aliphatic carbocycles. The molecule has 146 valence electrons. The van der Waals surface area contributed by atoms with E-state index in [1.807, 2.05) is 18.2 Å². The summed E-state index contributed by atoms with van der Waals surface area (Å²) in [7, 11) is 0. The predicted molar refractivity (Wildman–Crippen MR) is 102 cm³/mol. The van der Waals surface area contributed by atoms with E-state index >= 15 is 0 Å². The summed E-state index contributed by atoms with van der Waals surface area (Å²) in [5, 5.41) is 21.6. The standard InChI is InChI=1S/C22H22FNO4/c23-17-7-5-15(6-8-17)12-22(14-25)13-24(10-9-20(22)26)21(27)19-11-16-3-1-2-4-18(16)28-19/h1-8,11,20,25-26H,9-10,12-14H2/t20-,22-/m0/s1. The summed E-state index contributed by atoms with van der Waals surface area (Å²) in [6.07, 6.45) is -0.0648. The highest BCUT2D eigenvalue weighted by molar-refractivity contribution is 5.96. The van der Waals surface area contributed by atoms with Gasteiger partial charge in [0.05, 0.1) is 12.7 Å². The number of carbonyl (C=O) groups excluding carboxylic acids is 1. The lowest BCUT2D eigenvalue weighted by Gasteiger charge is -2.45. The quantitative estimate of drug-likeness (QED) is 0.726. The second-order valence-corrected chi connectivity index (χ2v) is 7.50. The normalized spacial score (nSPS) is 22.5. The molecule has 1 amide bonds. The van der Waals surface area contributed by atoms with Crippen LogP contribution in [0.5, 0.6) is 0 Å². The Morgan fingerprint density at radius 1 is 1.21 bits per heavy atom. The molecule has 28 heavy (non-hydrogen) atoms. The average Bonchev–Trinajstić information content (AvgIpc) is 3.15. The Morgan fingerprint density at radius 3 is 2.68 bits per heavy atom. The van der Waals surface area contributed by atoms with Gasteiger partial charge in [0.25, 0.3) is 5.91 Å². The molecule has 2 heterocycles. The zero-order valence-electron chi connectivity index (χ0n) is 15.3. The second-order valence-electron chi connectivity index (χ2n) is 7.50. The van der Waals surface area contributed by atoms with Crippen molar-refractivity contribution in [1.82, 2.24) is 4.90 Å². The molecule has 0 saturated carbocycles. The molecule has 1 fully saturated rings. The van der Waals surface area contributed by atoms with Gasteiger partial charge < -0.3 is 19.5 Å². The lowest BCUT2D eigenvalue weighted by molar-refractivity contribution is -0.0673. The second kappa shape index (κ2) is 7.37. The Bertz CT molecular complexity index is 951. The minimum atomic E-state index is -0.905. The summed E-state index contributed by atoms with van der Waals surface area (Å²) >= 11 is 0. The number of aliphatic hydroxyl groups excluding tert-OH is 2. The first-order chi connectivity index (χ1) is 13.5. The SMILES string of the molecule is O=C(c1cc2ccccc2o1)N1CC[C@H](O)[C@@](CO)(Cc2ccc(F)cc2)C1. The van der Waals surface area contributed by atoms with Gasteiger partial charge in [-0.25, -0.2) is 4.39 Å². The van der Waals surface area contributed by atoms with E-state index in [4.69, 9.17) is 4.42 Å². The molecular weight excluding hydrogens is 361 g/mol. The minimum absolute atomic E-state index is 0.192. The third-order valence-electron chi connectivity index (χ3n) is 5.59. The third kappa shape index (κ3) is 3.41. The number of fused-ring (bicyclic) bond motifs is 1. The van der Waals surface area contributed by atoms with Crippen molar-refractivity contribution in [2.75, 3.05) is 19.7 Å². The first-order valence-electron chi connectivity index (χ1n) is 9.32. The van der Waals surface area contributed by atoms with Crippen LogP contribution >= 0.6 is 0 Å². The maximum atomic E-state index is 13.2. The van der Waals surface area contributed by atoms with Gasteiger partial charge in [0, 0.05) is 23.9 Å². The third-order valence-corrected chi connectivity index (χ3v) is 5.59. The van der Waals surface area contributed by atoms with Crippen LogP contribution in [0.2, 0.25) is 0 Å². The van der Waals surface area contributed by atoms with Crippen molar-refractivity contribution in [2.24, 2.45) is 5.41 Å². The van der Waals surface area contributed by atoms with E-state index in [0.717, 1.165) is 10.9 Å². The van der Waals surface area contributed by atoms with Crippen LogP contribution in [0.3, 0.4) is 0 Å². The number of furan rings is 1. The van der Waals surface area contributed by atoms with Crippen molar-refractivity contribution >= 4 is 16.9 Å². The van der Waals surface area contributed by atoms with Crippen molar-refractivity contribution in [3.63, 3.8) is 0 Å². The highest BCUT2D eigenvalue weighted by Crippen LogP contribution is 2.35. The molecular formula is C22H22FNO4. The van der Waals surface area contributed by atoms with Crippen molar-refractivity contribution in [3.05, 3.63) is 71.7 Å². The summed E-state index contributed by atoms with van der Waals surface area (Å²) in [4.78, 5) is 14.6. The smallest absolute Gasteiger partial charge is 0.289 e. The average molecular weight is 383 g/mol. The van der Waals surface area contributed by atoms with E-state index < -0.39 is 11.5 Å². The number of likely N-dealkylation sites (tertiary alicyclic amines) is 1. The number of hydrogen-bond acceptors (Lipinski definition) is 4. The number of benzene rings is 2. The molecule has 5 nitrogen and oxygen atoms in total. The number of aliphatic hydroxyl groups is 2. The van der Waals surface area contributed by atoms with Crippen LogP contribution in [0.4, 0.5) is 4.39 Å². The zero-order chi connectivity index (χ0) is 19.7. The van der Waals surface area contributed by atoms with Gasteiger partial charge in [-0.15, -0.1) is 0 Å². The molecule has 0 unspecified atom stereocenters. The molecule has 6 heteroatoms. The highest BCUT2D eigenvalue weighted by Gasteiger charge is 2.44. The number of carbonyl (C=O) groups is 1. The number of para-hydroxylation sites is 1. The van der Waals surface area contributed by atoms with Gasteiger partial charge in [-0.1, -0.05) is 30.3 Å². The van der Waals surface area contributed by atoms with E-state index in [1.165, 1.54) is 12.1 Å². The lowest BCUT2D eigenvalue weighted by Crippen LogP contribution is -2.56. The minimum Gasteiger partial charge on any atom is -0.451 e. The monoisotopic (exact) mass is 383 g/mol. The van der Waals surface area contributed by atoms with Gasteiger partial charge in [-0.05, 0) is 42.7 Å². The molecule has 1 aromatic heterocycles. The topological polar surface area (TPSA) is 73.9 Å². The van der Waals surface area contributed by atoms with Crippen LogP contribution in [-0.4, -0.2) is 46.8 Å². The Balaban J connectivity index is 1.58. The maximum Gasteiger partial charge on any atom is 0.289 e. The first kappa shape index (κ1) is 18.7. The van der Waals surface area contributed by atoms with Gasteiger partial charge in [0.1, 0.15) is 11.4 Å². The van der Waals surface area contributed by atoms with Crippen LogP contribution in [-0.2, 0) is 6.42 Å². The summed E-state index contributed by atoms with van der Waals surface area (Å²) in [6, 6.07) is 15.1.